The van der Waals surface area contributed by atoms with Crippen molar-refractivity contribution in [1.29, 1.82) is 0 Å². The number of carboxylic acid groups (broad SMARTS) is 1. The fourth-order valence-corrected chi connectivity index (χ4v) is 0.661. The lowest BCUT2D eigenvalue weighted by atomic mass is 10.2. The van der Waals surface area contributed by atoms with Crippen LogP contribution in [0.1, 0.15) is 12.8 Å². The summed E-state index contributed by atoms with van der Waals surface area (Å²) in [6.45, 7) is 4.14. The zero-order valence-corrected chi connectivity index (χ0v) is 6.95. The molecule has 0 aromatic carbocycles. The molecule has 0 amide bonds. The van der Waals surface area contributed by atoms with Crippen LogP contribution in [0.2, 0.25) is 0 Å². The molecular weight excluding hydrogens is 160 g/mol. The van der Waals surface area contributed by atoms with E-state index in [4.69, 9.17) is 14.9 Å². The highest BCUT2D eigenvalue weighted by molar-refractivity contribution is 5.85. The predicted molar refractivity (Wildman–Crippen MR) is 43.9 cm³/mol. The number of aliphatic hydroxyl groups is 1. The van der Waals surface area contributed by atoms with E-state index in [1.807, 2.05) is 0 Å². The van der Waals surface area contributed by atoms with Gasteiger partial charge in [0.15, 0.2) is 0 Å². The van der Waals surface area contributed by atoms with Crippen LogP contribution in [0, 0.1) is 0 Å². The fraction of sp³-hybridized carbons (Fsp3) is 0.625. The van der Waals surface area contributed by atoms with Crippen molar-refractivity contribution in [3.8, 4) is 0 Å². The van der Waals surface area contributed by atoms with Crippen molar-refractivity contribution >= 4 is 5.97 Å². The molecule has 0 fully saturated rings. The van der Waals surface area contributed by atoms with Gasteiger partial charge in [0.05, 0.1) is 13.2 Å². The molecule has 0 saturated carbocycles. The summed E-state index contributed by atoms with van der Waals surface area (Å²) >= 11 is 0. The van der Waals surface area contributed by atoms with Crippen molar-refractivity contribution < 1.29 is 19.7 Å². The van der Waals surface area contributed by atoms with Gasteiger partial charge in [0.2, 0.25) is 0 Å². The number of ether oxygens (including phenoxy) is 1. The van der Waals surface area contributed by atoms with Crippen molar-refractivity contribution in [2.45, 2.75) is 12.8 Å². The lowest BCUT2D eigenvalue weighted by molar-refractivity contribution is -0.132. The Hall–Kier alpha value is -0.870. The summed E-state index contributed by atoms with van der Waals surface area (Å²) in [5.74, 6) is -0.961. The van der Waals surface area contributed by atoms with Crippen LogP contribution >= 0.6 is 0 Å². The van der Waals surface area contributed by atoms with Gasteiger partial charge in [-0.05, 0) is 12.8 Å². The monoisotopic (exact) mass is 174 g/mol. The first kappa shape index (κ1) is 11.1. The first-order chi connectivity index (χ1) is 5.68. The van der Waals surface area contributed by atoms with Gasteiger partial charge in [-0.3, -0.25) is 0 Å². The maximum absolute atomic E-state index is 10.2. The molecular formula is C8H14O4. The second kappa shape index (κ2) is 6.82. The van der Waals surface area contributed by atoms with E-state index < -0.39 is 5.97 Å². The third-order valence-corrected chi connectivity index (χ3v) is 1.31. The maximum atomic E-state index is 10.2. The summed E-state index contributed by atoms with van der Waals surface area (Å²) in [6, 6.07) is 0. The van der Waals surface area contributed by atoms with Crippen LogP contribution in [0.25, 0.3) is 0 Å². The van der Waals surface area contributed by atoms with Gasteiger partial charge in [0, 0.05) is 12.2 Å². The minimum Gasteiger partial charge on any atom is -0.478 e. The molecule has 0 aliphatic rings. The lowest BCUT2D eigenvalue weighted by Gasteiger charge is -2.01. The highest BCUT2D eigenvalue weighted by Crippen LogP contribution is 2.01. The van der Waals surface area contributed by atoms with Crippen LogP contribution in [-0.4, -0.2) is 36.0 Å². The second-order valence-electron chi connectivity index (χ2n) is 2.35. The minimum atomic E-state index is -0.961. The zero-order chi connectivity index (χ0) is 9.40. The van der Waals surface area contributed by atoms with Crippen LogP contribution in [0.5, 0.6) is 0 Å². The van der Waals surface area contributed by atoms with Gasteiger partial charge in [-0.25, -0.2) is 4.79 Å². The first-order valence-electron chi connectivity index (χ1n) is 3.78. The van der Waals surface area contributed by atoms with Gasteiger partial charge in [-0.1, -0.05) is 6.58 Å². The quantitative estimate of drug-likeness (QED) is 0.433. The van der Waals surface area contributed by atoms with Gasteiger partial charge < -0.3 is 14.9 Å². The number of hydrogen-bond donors (Lipinski definition) is 2. The van der Waals surface area contributed by atoms with Gasteiger partial charge in [-0.2, -0.15) is 0 Å². The van der Waals surface area contributed by atoms with E-state index in [2.05, 4.69) is 6.58 Å². The molecule has 2 N–H and O–H groups in total. The molecule has 0 bridgehead atoms. The molecule has 0 heterocycles. The standard InChI is InChI=1S/C8H14O4/c1-7(8(10)11)3-2-5-12-6-4-9/h9H,1-6H2,(H,10,11). The van der Waals surface area contributed by atoms with Crippen LogP contribution in [-0.2, 0) is 9.53 Å². The van der Waals surface area contributed by atoms with Gasteiger partial charge in [0.25, 0.3) is 0 Å². The fourth-order valence-electron chi connectivity index (χ4n) is 0.661. The molecule has 0 rings (SSSR count). The number of aliphatic carboxylic acids is 1. The number of aliphatic hydroxyl groups excluding tert-OH is 1. The molecule has 0 aliphatic carbocycles. The Morgan fingerprint density at radius 2 is 2.08 bits per heavy atom. The highest BCUT2D eigenvalue weighted by atomic mass is 16.5. The van der Waals surface area contributed by atoms with E-state index in [0.29, 0.717) is 26.1 Å². The van der Waals surface area contributed by atoms with E-state index >= 15 is 0 Å². The van der Waals surface area contributed by atoms with Crippen molar-refractivity contribution in [2.75, 3.05) is 19.8 Å². The molecule has 0 aromatic rings. The van der Waals surface area contributed by atoms with E-state index in [1.54, 1.807) is 0 Å². The molecule has 0 spiro atoms. The van der Waals surface area contributed by atoms with Crippen LogP contribution in [0.15, 0.2) is 12.2 Å². The molecule has 0 atom stereocenters. The van der Waals surface area contributed by atoms with E-state index in [0.717, 1.165) is 0 Å². The Morgan fingerprint density at radius 3 is 2.58 bits per heavy atom. The van der Waals surface area contributed by atoms with Crippen LogP contribution in [0.3, 0.4) is 0 Å². The minimum absolute atomic E-state index is 0.000122. The third kappa shape index (κ3) is 5.88. The van der Waals surface area contributed by atoms with Crippen LogP contribution in [0.4, 0.5) is 0 Å². The normalized spacial score (nSPS) is 9.75. The number of carbonyl (C=O) groups is 1. The first-order valence-corrected chi connectivity index (χ1v) is 3.78. The molecule has 4 heteroatoms. The van der Waals surface area contributed by atoms with Gasteiger partial charge in [0.1, 0.15) is 0 Å². The molecule has 0 aromatic heterocycles. The molecule has 0 aliphatic heterocycles. The summed E-state index contributed by atoms with van der Waals surface area (Å²) in [4.78, 5) is 10.2. The Labute approximate surface area is 71.5 Å². The summed E-state index contributed by atoms with van der Waals surface area (Å²) in [7, 11) is 0. The summed E-state index contributed by atoms with van der Waals surface area (Å²) < 4.78 is 4.93. The molecule has 0 unspecified atom stereocenters. The van der Waals surface area contributed by atoms with E-state index in [-0.39, 0.29) is 12.2 Å². The topological polar surface area (TPSA) is 66.8 Å². The van der Waals surface area contributed by atoms with E-state index in [1.165, 1.54) is 0 Å². The largest absolute Gasteiger partial charge is 0.478 e. The van der Waals surface area contributed by atoms with Crippen molar-refractivity contribution in [3.63, 3.8) is 0 Å². The van der Waals surface area contributed by atoms with Gasteiger partial charge >= 0.3 is 5.97 Å². The summed E-state index contributed by atoms with van der Waals surface area (Å²) in [5.41, 5.74) is 0.197. The molecule has 70 valence electrons. The Bertz CT molecular complexity index is 153. The van der Waals surface area contributed by atoms with Crippen molar-refractivity contribution in [2.24, 2.45) is 0 Å². The third-order valence-electron chi connectivity index (χ3n) is 1.31. The van der Waals surface area contributed by atoms with Crippen molar-refractivity contribution in [3.05, 3.63) is 12.2 Å². The second-order valence-corrected chi connectivity index (χ2v) is 2.35. The molecule has 4 nitrogen and oxygen atoms in total. The average molecular weight is 174 g/mol. The Morgan fingerprint density at radius 1 is 1.42 bits per heavy atom. The summed E-state index contributed by atoms with van der Waals surface area (Å²) in [6.07, 6.45) is 1.06. The molecule has 0 radical (unpaired) electrons. The number of carboxylic acids is 1. The Balaban J connectivity index is 3.20. The van der Waals surface area contributed by atoms with Crippen molar-refractivity contribution in [1.82, 2.24) is 0 Å². The maximum Gasteiger partial charge on any atom is 0.330 e. The zero-order valence-electron chi connectivity index (χ0n) is 6.95. The highest BCUT2D eigenvalue weighted by Gasteiger charge is 2.02. The lowest BCUT2D eigenvalue weighted by Crippen LogP contribution is -2.03. The number of rotatable bonds is 7. The van der Waals surface area contributed by atoms with Gasteiger partial charge in [-0.15, -0.1) is 0 Å². The Kier molecular flexibility index (Phi) is 6.32. The number of hydrogen-bond acceptors (Lipinski definition) is 3. The SMILES string of the molecule is C=C(CCCOCCO)C(=O)O. The summed E-state index contributed by atoms with van der Waals surface area (Å²) in [5, 5.41) is 16.7. The average Bonchev–Trinajstić information content (AvgIpc) is 2.03. The predicted octanol–water partition coefficient (Wildman–Crippen LogP) is 0.416. The smallest absolute Gasteiger partial charge is 0.330 e. The molecule has 0 saturated heterocycles. The molecule has 12 heavy (non-hydrogen) atoms. The van der Waals surface area contributed by atoms with Crippen LogP contribution < -0.4 is 0 Å². The van der Waals surface area contributed by atoms with E-state index in [9.17, 15) is 4.79 Å².